The van der Waals surface area contributed by atoms with Gasteiger partial charge in [0, 0.05) is 13.1 Å². The fourth-order valence-corrected chi connectivity index (χ4v) is 5.64. The largest absolute Gasteiger partial charge is 0.323 e. The lowest BCUT2D eigenvalue weighted by molar-refractivity contribution is -0.134. The molecule has 0 radical (unpaired) electrons. The standard InChI is InChI=1S/C19H29N3O3S/c1-15(2)19-21(18(23)14-20-10-4-5-11-20)12-13-22(19)26(24,25)17-8-6-16(3)7-9-17/h6-9,15,19H,4-5,10-14H2,1-3H3/t19-/m1/s1. The van der Waals surface area contributed by atoms with Crippen molar-refractivity contribution < 1.29 is 13.2 Å². The lowest BCUT2D eigenvalue weighted by atomic mass is 10.1. The van der Waals surface area contributed by atoms with E-state index < -0.39 is 16.2 Å². The summed E-state index contributed by atoms with van der Waals surface area (Å²) in [7, 11) is -3.62. The Labute approximate surface area is 156 Å². The number of rotatable bonds is 5. The van der Waals surface area contributed by atoms with Crippen molar-refractivity contribution in [3.8, 4) is 0 Å². The first-order chi connectivity index (χ1) is 12.3. The molecular formula is C19H29N3O3S. The molecule has 2 fully saturated rings. The topological polar surface area (TPSA) is 60.9 Å². The highest BCUT2D eigenvalue weighted by molar-refractivity contribution is 7.89. The smallest absolute Gasteiger partial charge is 0.244 e. The number of carbonyl (C=O) groups is 1. The second-order valence-corrected chi connectivity index (χ2v) is 9.55. The van der Waals surface area contributed by atoms with E-state index in [1.54, 1.807) is 17.0 Å². The van der Waals surface area contributed by atoms with Crippen molar-refractivity contribution in [2.45, 2.75) is 44.7 Å². The summed E-state index contributed by atoms with van der Waals surface area (Å²) in [5.41, 5.74) is 1.02. The maximum absolute atomic E-state index is 13.2. The van der Waals surface area contributed by atoms with Gasteiger partial charge in [0.1, 0.15) is 6.17 Å². The number of amides is 1. The molecular weight excluding hydrogens is 350 g/mol. The summed E-state index contributed by atoms with van der Waals surface area (Å²) in [6.45, 7) is 9.00. The molecule has 0 aromatic heterocycles. The predicted octanol–water partition coefficient (Wildman–Crippen LogP) is 1.91. The Morgan fingerprint density at radius 3 is 2.27 bits per heavy atom. The number of likely N-dealkylation sites (tertiary alicyclic amines) is 1. The van der Waals surface area contributed by atoms with Crippen molar-refractivity contribution in [3.63, 3.8) is 0 Å². The summed E-state index contributed by atoms with van der Waals surface area (Å²) in [6.07, 6.45) is 1.85. The van der Waals surface area contributed by atoms with Crippen LogP contribution < -0.4 is 0 Å². The Bertz CT molecular complexity index is 740. The van der Waals surface area contributed by atoms with Gasteiger partial charge in [0.05, 0.1) is 11.4 Å². The van der Waals surface area contributed by atoms with Gasteiger partial charge in [0.25, 0.3) is 0 Å². The van der Waals surface area contributed by atoms with E-state index in [9.17, 15) is 13.2 Å². The van der Waals surface area contributed by atoms with E-state index in [0.717, 1.165) is 31.5 Å². The average Bonchev–Trinajstić information content (AvgIpc) is 3.24. The van der Waals surface area contributed by atoms with Gasteiger partial charge >= 0.3 is 0 Å². The molecule has 3 rings (SSSR count). The molecule has 0 N–H and O–H groups in total. The van der Waals surface area contributed by atoms with Crippen LogP contribution in [-0.2, 0) is 14.8 Å². The second-order valence-electron chi connectivity index (χ2n) is 7.66. The minimum atomic E-state index is -3.62. The number of nitrogens with zero attached hydrogens (tertiary/aromatic N) is 3. The highest BCUT2D eigenvalue weighted by atomic mass is 32.2. The van der Waals surface area contributed by atoms with Gasteiger partial charge < -0.3 is 4.90 Å². The maximum Gasteiger partial charge on any atom is 0.244 e. The number of sulfonamides is 1. The summed E-state index contributed by atoms with van der Waals surface area (Å²) < 4.78 is 27.8. The fraction of sp³-hybridized carbons (Fsp3) is 0.632. The fourth-order valence-electron chi connectivity index (χ4n) is 3.92. The van der Waals surface area contributed by atoms with E-state index in [0.29, 0.717) is 24.5 Å². The molecule has 0 aliphatic carbocycles. The van der Waals surface area contributed by atoms with Gasteiger partial charge in [0.2, 0.25) is 15.9 Å². The van der Waals surface area contributed by atoms with Crippen molar-refractivity contribution in [1.82, 2.24) is 14.1 Å². The van der Waals surface area contributed by atoms with Crippen molar-refractivity contribution in [3.05, 3.63) is 29.8 Å². The first-order valence-corrected chi connectivity index (χ1v) is 10.8. The van der Waals surface area contributed by atoms with Crippen LogP contribution in [0, 0.1) is 12.8 Å². The van der Waals surface area contributed by atoms with Crippen LogP contribution in [0.15, 0.2) is 29.2 Å². The van der Waals surface area contributed by atoms with Crippen molar-refractivity contribution in [2.75, 3.05) is 32.7 Å². The zero-order chi connectivity index (χ0) is 18.9. The van der Waals surface area contributed by atoms with Crippen LogP contribution in [0.3, 0.4) is 0 Å². The molecule has 1 aromatic carbocycles. The minimum absolute atomic E-state index is 0.0280. The Balaban J connectivity index is 1.81. The van der Waals surface area contributed by atoms with E-state index in [-0.39, 0.29) is 11.8 Å². The molecule has 1 amide bonds. The van der Waals surface area contributed by atoms with E-state index in [4.69, 9.17) is 0 Å². The first-order valence-electron chi connectivity index (χ1n) is 9.41. The average molecular weight is 380 g/mol. The summed E-state index contributed by atoms with van der Waals surface area (Å²) in [5.74, 6) is 0.0625. The van der Waals surface area contributed by atoms with Gasteiger partial charge in [-0.15, -0.1) is 0 Å². The molecule has 2 heterocycles. The Hall–Kier alpha value is -1.44. The molecule has 1 atom stereocenters. The van der Waals surface area contributed by atoms with Gasteiger partial charge in [-0.3, -0.25) is 9.69 Å². The molecule has 2 aliphatic rings. The third kappa shape index (κ3) is 3.80. The van der Waals surface area contributed by atoms with Crippen LogP contribution in [0.2, 0.25) is 0 Å². The molecule has 2 saturated heterocycles. The molecule has 144 valence electrons. The predicted molar refractivity (Wildman–Crippen MR) is 101 cm³/mol. The molecule has 6 nitrogen and oxygen atoms in total. The Morgan fingerprint density at radius 2 is 1.69 bits per heavy atom. The zero-order valence-corrected chi connectivity index (χ0v) is 16.7. The number of hydrogen-bond acceptors (Lipinski definition) is 4. The van der Waals surface area contributed by atoms with E-state index in [1.165, 1.54) is 4.31 Å². The van der Waals surface area contributed by atoms with Crippen molar-refractivity contribution >= 4 is 15.9 Å². The quantitative estimate of drug-likeness (QED) is 0.784. The third-order valence-corrected chi connectivity index (χ3v) is 7.16. The highest BCUT2D eigenvalue weighted by Crippen LogP contribution is 2.29. The second kappa shape index (κ2) is 7.66. The van der Waals surface area contributed by atoms with E-state index in [2.05, 4.69) is 4.90 Å². The normalized spacial score (nSPS) is 22.5. The molecule has 0 unspecified atom stereocenters. The molecule has 7 heteroatoms. The Morgan fingerprint density at radius 1 is 1.08 bits per heavy atom. The highest BCUT2D eigenvalue weighted by Gasteiger charge is 2.43. The lowest BCUT2D eigenvalue weighted by Crippen LogP contribution is -2.49. The van der Waals surface area contributed by atoms with Gasteiger partial charge in [-0.2, -0.15) is 4.31 Å². The molecule has 0 saturated carbocycles. The number of carbonyl (C=O) groups excluding carboxylic acids is 1. The maximum atomic E-state index is 13.2. The number of hydrogen-bond donors (Lipinski definition) is 0. The van der Waals surface area contributed by atoms with Crippen LogP contribution in [-0.4, -0.2) is 67.3 Å². The molecule has 26 heavy (non-hydrogen) atoms. The van der Waals surface area contributed by atoms with Crippen molar-refractivity contribution in [1.29, 1.82) is 0 Å². The number of aryl methyl sites for hydroxylation is 1. The number of benzene rings is 1. The van der Waals surface area contributed by atoms with Gasteiger partial charge in [-0.1, -0.05) is 31.5 Å². The van der Waals surface area contributed by atoms with Crippen LogP contribution >= 0.6 is 0 Å². The van der Waals surface area contributed by atoms with E-state index in [1.807, 2.05) is 32.9 Å². The summed E-state index contributed by atoms with van der Waals surface area (Å²) >= 11 is 0. The van der Waals surface area contributed by atoms with Crippen molar-refractivity contribution in [2.24, 2.45) is 5.92 Å². The van der Waals surface area contributed by atoms with Crippen LogP contribution in [0.25, 0.3) is 0 Å². The summed E-state index contributed by atoms with van der Waals surface area (Å²) in [4.78, 5) is 17.0. The minimum Gasteiger partial charge on any atom is -0.323 e. The molecule has 0 bridgehead atoms. The molecule has 0 spiro atoms. The monoisotopic (exact) mass is 379 g/mol. The SMILES string of the molecule is Cc1ccc(S(=O)(=O)N2CCN(C(=O)CN3CCCC3)[C@H]2C(C)C)cc1. The molecule has 1 aromatic rings. The summed E-state index contributed by atoms with van der Waals surface area (Å²) in [6, 6.07) is 6.92. The van der Waals surface area contributed by atoms with Gasteiger partial charge in [-0.25, -0.2) is 8.42 Å². The third-order valence-electron chi connectivity index (χ3n) is 5.28. The van der Waals surface area contributed by atoms with E-state index >= 15 is 0 Å². The van der Waals surface area contributed by atoms with Crippen LogP contribution in [0.1, 0.15) is 32.3 Å². The van der Waals surface area contributed by atoms with Crippen LogP contribution in [0.5, 0.6) is 0 Å². The van der Waals surface area contributed by atoms with Gasteiger partial charge in [0.15, 0.2) is 0 Å². The van der Waals surface area contributed by atoms with Crippen LogP contribution in [0.4, 0.5) is 0 Å². The summed E-state index contributed by atoms with van der Waals surface area (Å²) in [5, 5.41) is 0. The Kier molecular flexibility index (Phi) is 5.69. The lowest BCUT2D eigenvalue weighted by Gasteiger charge is -2.33. The first kappa shape index (κ1) is 19.3. The molecule has 2 aliphatic heterocycles. The van der Waals surface area contributed by atoms with Gasteiger partial charge in [-0.05, 0) is 50.9 Å². The zero-order valence-electron chi connectivity index (χ0n) is 15.9.